The van der Waals surface area contributed by atoms with E-state index in [2.05, 4.69) is 10.1 Å². The lowest BCUT2D eigenvalue weighted by atomic mass is 10.0. The zero-order valence-electron chi connectivity index (χ0n) is 16.4. The van der Waals surface area contributed by atoms with E-state index in [4.69, 9.17) is 38.6 Å². The van der Waals surface area contributed by atoms with Crippen LogP contribution in [0.25, 0.3) is 28.0 Å². The summed E-state index contributed by atoms with van der Waals surface area (Å²) in [6.07, 6.45) is 1.50. The van der Waals surface area contributed by atoms with Gasteiger partial charge in [-0.2, -0.15) is 5.10 Å². The van der Waals surface area contributed by atoms with Crippen LogP contribution >= 0.6 is 33.9 Å². The predicted molar refractivity (Wildman–Crippen MR) is 123 cm³/mol. The summed E-state index contributed by atoms with van der Waals surface area (Å²) in [5.74, 6) is -0.901. The van der Waals surface area contributed by atoms with Crippen molar-refractivity contribution in [3.63, 3.8) is 0 Å². The van der Waals surface area contributed by atoms with E-state index in [1.165, 1.54) is 10.7 Å². The molecule has 0 saturated heterocycles. The first-order valence-corrected chi connectivity index (χ1v) is 12.3. The highest BCUT2D eigenvalue weighted by Crippen LogP contribution is 2.37. The van der Waals surface area contributed by atoms with E-state index in [1.807, 2.05) is 0 Å². The van der Waals surface area contributed by atoms with E-state index in [0.717, 1.165) is 0 Å². The normalized spacial score (nSPS) is 11.6. The summed E-state index contributed by atoms with van der Waals surface area (Å²) >= 11 is 12.5. The van der Waals surface area contributed by atoms with Crippen LogP contribution in [0.5, 0.6) is 0 Å². The van der Waals surface area contributed by atoms with Crippen molar-refractivity contribution < 1.29 is 17.9 Å². The van der Waals surface area contributed by atoms with Crippen molar-refractivity contribution in [2.45, 2.75) is 11.9 Å². The number of benzene rings is 2. The van der Waals surface area contributed by atoms with Gasteiger partial charge in [0.25, 0.3) is 9.05 Å². The number of hydrogen-bond acceptors (Lipinski definition) is 6. The Balaban J connectivity index is 2.16. The highest BCUT2D eigenvalue weighted by atomic mass is 35.7. The quantitative estimate of drug-likeness (QED) is 0.261. The Hall–Kier alpha value is -2.65. The number of nitrogens with zero attached hydrogens (tertiary/aromatic N) is 3. The Morgan fingerprint density at radius 2 is 1.75 bits per heavy atom. The van der Waals surface area contributed by atoms with E-state index in [1.54, 1.807) is 55.5 Å². The molecule has 0 amide bonds. The van der Waals surface area contributed by atoms with E-state index in [-0.39, 0.29) is 17.8 Å². The van der Waals surface area contributed by atoms with Gasteiger partial charge < -0.3 is 4.74 Å². The standard InChI is InChI=1S/C21H14Cl3N3O4S/c1-2-31-21(28)17-19-25-11-15(14-5-3-4-6-16(14)23)18(12-7-9-13(22)10-8-12)27(19)26-20(17)32(24,29)30/h3-11H,2H2,1H3. The molecule has 4 aromatic rings. The van der Waals surface area contributed by atoms with Gasteiger partial charge in [0.2, 0.25) is 5.03 Å². The van der Waals surface area contributed by atoms with Gasteiger partial charge in [0, 0.05) is 43.6 Å². The fourth-order valence-electron chi connectivity index (χ4n) is 3.28. The molecule has 11 heteroatoms. The number of aromatic nitrogens is 3. The Morgan fingerprint density at radius 1 is 1.06 bits per heavy atom. The lowest BCUT2D eigenvalue weighted by Gasteiger charge is -2.13. The van der Waals surface area contributed by atoms with Crippen molar-refractivity contribution in [3.05, 3.63) is 70.3 Å². The zero-order valence-corrected chi connectivity index (χ0v) is 19.5. The van der Waals surface area contributed by atoms with Crippen LogP contribution in [-0.4, -0.2) is 35.6 Å². The van der Waals surface area contributed by atoms with Gasteiger partial charge in [0.15, 0.2) is 5.65 Å². The summed E-state index contributed by atoms with van der Waals surface area (Å²) in [6.45, 7) is 1.63. The minimum absolute atomic E-state index is 0.0246. The molecular weight excluding hydrogens is 497 g/mol. The minimum atomic E-state index is -4.40. The highest BCUT2D eigenvalue weighted by Gasteiger charge is 2.32. The van der Waals surface area contributed by atoms with Gasteiger partial charge in [-0.25, -0.2) is 22.7 Å². The molecule has 0 aliphatic carbocycles. The van der Waals surface area contributed by atoms with Gasteiger partial charge in [-0.3, -0.25) is 0 Å². The summed E-state index contributed by atoms with van der Waals surface area (Å²) in [5, 5.41) is 4.48. The Bertz CT molecular complexity index is 1450. The third-order valence-corrected chi connectivity index (χ3v) is 6.37. The maximum Gasteiger partial charge on any atom is 0.345 e. The van der Waals surface area contributed by atoms with Gasteiger partial charge in [0.05, 0.1) is 12.3 Å². The Kier molecular flexibility index (Phi) is 6.13. The Labute approximate surface area is 197 Å². The number of carbonyl (C=O) groups excluding carboxylic acids is 1. The maximum absolute atomic E-state index is 12.6. The lowest BCUT2D eigenvalue weighted by Crippen LogP contribution is -2.09. The second kappa shape index (κ2) is 8.71. The first-order valence-electron chi connectivity index (χ1n) is 9.26. The van der Waals surface area contributed by atoms with Crippen LogP contribution in [0, 0.1) is 0 Å². The summed E-state index contributed by atoms with van der Waals surface area (Å²) in [4.78, 5) is 16.9. The molecule has 0 atom stereocenters. The first kappa shape index (κ1) is 22.5. The average molecular weight is 511 g/mol. The van der Waals surface area contributed by atoms with E-state index < -0.39 is 20.0 Å². The number of halogens is 3. The molecule has 2 aromatic heterocycles. The number of esters is 1. The number of carbonyl (C=O) groups is 1. The topological polar surface area (TPSA) is 90.6 Å². The predicted octanol–water partition coefficient (Wildman–Crippen LogP) is 5.47. The van der Waals surface area contributed by atoms with Gasteiger partial charge in [-0.1, -0.05) is 53.5 Å². The van der Waals surface area contributed by atoms with Crippen molar-refractivity contribution in [2.75, 3.05) is 6.61 Å². The van der Waals surface area contributed by atoms with E-state index in [0.29, 0.717) is 32.4 Å². The van der Waals surface area contributed by atoms with Crippen LogP contribution in [0.3, 0.4) is 0 Å². The van der Waals surface area contributed by atoms with Gasteiger partial charge in [0.1, 0.15) is 5.56 Å². The van der Waals surface area contributed by atoms with Crippen molar-refractivity contribution >= 4 is 54.6 Å². The number of hydrogen-bond donors (Lipinski definition) is 0. The lowest BCUT2D eigenvalue weighted by molar-refractivity contribution is 0.0524. The molecule has 0 radical (unpaired) electrons. The maximum atomic E-state index is 12.6. The summed E-state index contributed by atoms with van der Waals surface area (Å²) in [7, 11) is 1.21. The molecule has 0 saturated carbocycles. The number of rotatable bonds is 5. The van der Waals surface area contributed by atoms with Gasteiger partial charge in [-0.15, -0.1) is 0 Å². The zero-order chi connectivity index (χ0) is 23.0. The monoisotopic (exact) mass is 509 g/mol. The molecule has 0 aliphatic rings. The molecule has 4 rings (SSSR count). The molecular formula is C21H14Cl3N3O4S. The molecule has 2 heterocycles. The van der Waals surface area contributed by atoms with Crippen LogP contribution in [0.15, 0.2) is 59.8 Å². The van der Waals surface area contributed by atoms with Crippen LogP contribution in [0.2, 0.25) is 10.0 Å². The van der Waals surface area contributed by atoms with Crippen molar-refractivity contribution in [3.8, 4) is 22.4 Å². The fourth-order valence-corrected chi connectivity index (χ4v) is 4.57. The molecule has 0 bridgehead atoms. The molecule has 164 valence electrons. The minimum Gasteiger partial charge on any atom is -0.462 e. The number of fused-ring (bicyclic) bond motifs is 1. The molecule has 0 N–H and O–H groups in total. The van der Waals surface area contributed by atoms with Crippen LogP contribution < -0.4 is 0 Å². The first-order chi connectivity index (χ1) is 15.2. The largest absolute Gasteiger partial charge is 0.462 e. The molecule has 0 unspecified atom stereocenters. The molecule has 32 heavy (non-hydrogen) atoms. The van der Waals surface area contributed by atoms with Crippen LogP contribution in [-0.2, 0) is 13.8 Å². The smallest absolute Gasteiger partial charge is 0.345 e. The average Bonchev–Trinajstić information content (AvgIpc) is 3.15. The van der Waals surface area contributed by atoms with Crippen molar-refractivity contribution in [1.29, 1.82) is 0 Å². The van der Waals surface area contributed by atoms with E-state index in [9.17, 15) is 13.2 Å². The molecule has 0 aliphatic heterocycles. The third kappa shape index (κ3) is 4.06. The second-order valence-corrected chi connectivity index (χ2v) is 9.91. The summed E-state index contributed by atoms with van der Waals surface area (Å²) < 4.78 is 30.8. The summed E-state index contributed by atoms with van der Waals surface area (Å²) in [5.41, 5.74) is 1.90. The molecule has 0 fully saturated rings. The molecule has 7 nitrogen and oxygen atoms in total. The highest BCUT2D eigenvalue weighted by molar-refractivity contribution is 8.13. The van der Waals surface area contributed by atoms with Crippen LogP contribution in [0.1, 0.15) is 17.3 Å². The second-order valence-electron chi connectivity index (χ2n) is 6.58. The van der Waals surface area contributed by atoms with Crippen molar-refractivity contribution in [2.24, 2.45) is 0 Å². The molecule has 0 spiro atoms. The summed E-state index contributed by atoms with van der Waals surface area (Å²) in [6, 6.07) is 13.9. The SMILES string of the molecule is CCOC(=O)c1c(S(=O)(=O)Cl)nn2c(-c3ccc(Cl)cc3)c(-c3ccccc3Cl)cnc12. The Morgan fingerprint density at radius 3 is 2.38 bits per heavy atom. The van der Waals surface area contributed by atoms with Crippen molar-refractivity contribution in [1.82, 2.24) is 14.6 Å². The fraction of sp³-hybridized carbons (Fsp3) is 0.0952. The molecule has 2 aromatic carbocycles. The van der Waals surface area contributed by atoms with Crippen LogP contribution in [0.4, 0.5) is 0 Å². The van der Waals surface area contributed by atoms with E-state index >= 15 is 0 Å². The third-order valence-electron chi connectivity index (χ3n) is 4.60. The van der Waals surface area contributed by atoms with Gasteiger partial charge >= 0.3 is 5.97 Å². The van der Waals surface area contributed by atoms with Gasteiger partial charge in [-0.05, 0) is 25.1 Å². The number of ether oxygens (including phenoxy) is 1.